The number of hydrogen-bond donors (Lipinski definition) is 2. The quantitative estimate of drug-likeness (QED) is 0.812. The van der Waals surface area contributed by atoms with Crippen molar-refractivity contribution in [3.8, 4) is 0 Å². The Morgan fingerprint density at radius 2 is 2.17 bits per heavy atom. The van der Waals surface area contributed by atoms with E-state index in [0.717, 1.165) is 18.1 Å². The SMILES string of the molecule is CCc1nc(N)cc(NCCc2nc(C)no2)n1. The Kier molecular flexibility index (Phi) is 3.71. The van der Waals surface area contributed by atoms with E-state index < -0.39 is 0 Å². The van der Waals surface area contributed by atoms with Crippen LogP contribution in [0.25, 0.3) is 0 Å². The van der Waals surface area contributed by atoms with Gasteiger partial charge in [-0.15, -0.1) is 0 Å². The summed E-state index contributed by atoms with van der Waals surface area (Å²) in [6, 6.07) is 1.71. The minimum Gasteiger partial charge on any atom is -0.384 e. The van der Waals surface area contributed by atoms with Gasteiger partial charge in [0.15, 0.2) is 5.82 Å². The van der Waals surface area contributed by atoms with Crippen LogP contribution in [0, 0.1) is 6.92 Å². The van der Waals surface area contributed by atoms with E-state index in [2.05, 4.69) is 25.4 Å². The second kappa shape index (κ2) is 5.44. The fraction of sp³-hybridized carbons (Fsp3) is 0.455. The van der Waals surface area contributed by atoms with Crippen molar-refractivity contribution in [3.05, 3.63) is 23.6 Å². The zero-order valence-electron chi connectivity index (χ0n) is 10.5. The zero-order valence-corrected chi connectivity index (χ0v) is 10.5. The van der Waals surface area contributed by atoms with Crippen molar-refractivity contribution in [3.63, 3.8) is 0 Å². The molecule has 0 spiro atoms. The Bertz CT molecular complexity index is 524. The third-order valence-corrected chi connectivity index (χ3v) is 2.32. The summed E-state index contributed by atoms with van der Waals surface area (Å²) in [7, 11) is 0. The molecule has 0 atom stereocenters. The molecule has 0 radical (unpaired) electrons. The van der Waals surface area contributed by atoms with Crippen molar-refractivity contribution in [1.82, 2.24) is 20.1 Å². The van der Waals surface area contributed by atoms with Crippen molar-refractivity contribution in [1.29, 1.82) is 0 Å². The lowest BCUT2D eigenvalue weighted by Gasteiger charge is -2.06. The van der Waals surface area contributed by atoms with Crippen molar-refractivity contribution in [2.45, 2.75) is 26.7 Å². The summed E-state index contributed by atoms with van der Waals surface area (Å²) in [4.78, 5) is 12.5. The number of aryl methyl sites for hydroxylation is 2. The predicted molar refractivity (Wildman–Crippen MR) is 67.1 cm³/mol. The Hall–Kier alpha value is -2.18. The van der Waals surface area contributed by atoms with Crippen molar-refractivity contribution in [2.24, 2.45) is 0 Å². The van der Waals surface area contributed by atoms with E-state index in [-0.39, 0.29) is 0 Å². The predicted octanol–water partition coefficient (Wildman–Crippen LogP) is 0.967. The molecular formula is C11H16N6O. The van der Waals surface area contributed by atoms with Crippen LogP contribution in [-0.4, -0.2) is 26.7 Å². The average molecular weight is 248 g/mol. The molecule has 0 fully saturated rings. The second-order valence-corrected chi connectivity index (χ2v) is 3.86. The zero-order chi connectivity index (χ0) is 13.0. The molecule has 2 aromatic heterocycles. The molecule has 7 nitrogen and oxygen atoms in total. The lowest BCUT2D eigenvalue weighted by molar-refractivity contribution is 0.377. The largest absolute Gasteiger partial charge is 0.384 e. The van der Waals surface area contributed by atoms with Crippen LogP contribution in [0.2, 0.25) is 0 Å². The molecular weight excluding hydrogens is 232 g/mol. The fourth-order valence-electron chi connectivity index (χ4n) is 1.51. The molecule has 0 aliphatic heterocycles. The Labute approximate surface area is 105 Å². The van der Waals surface area contributed by atoms with Gasteiger partial charge in [-0.1, -0.05) is 12.1 Å². The maximum Gasteiger partial charge on any atom is 0.228 e. The van der Waals surface area contributed by atoms with Gasteiger partial charge in [0.25, 0.3) is 0 Å². The van der Waals surface area contributed by atoms with Crippen LogP contribution in [0.1, 0.15) is 24.5 Å². The highest BCUT2D eigenvalue weighted by Crippen LogP contribution is 2.08. The van der Waals surface area contributed by atoms with Gasteiger partial charge in [-0.25, -0.2) is 9.97 Å². The summed E-state index contributed by atoms with van der Waals surface area (Å²) in [6.45, 7) is 4.43. The van der Waals surface area contributed by atoms with E-state index in [1.807, 2.05) is 6.92 Å². The van der Waals surface area contributed by atoms with Gasteiger partial charge in [-0.2, -0.15) is 4.98 Å². The molecule has 0 bridgehead atoms. The summed E-state index contributed by atoms with van der Waals surface area (Å²) in [5, 5.41) is 6.88. The standard InChI is InChI=1S/C11H16N6O/c1-3-9-15-8(12)6-10(16-9)13-5-4-11-14-7(2)17-18-11/h6H,3-5H2,1-2H3,(H3,12,13,15,16). The fourth-order valence-corrected chi connectivity index (χ4v) is 1.51. The highest BCUT2D eigenvalue weighted by atomic mass is 16.5. The van der Waals surface area contributed by atoms with E-state index in [0.29, 0.717) is 30.5 Å². The molecule has 0 amide bonds. The van der Waals surface area contributed by atoms with Gasteiger partial charge in [0.05, 0.1) is 0 Å². The van der Waals surface area contributed by atoms with Crippen LogP contribution in [-0.2, 0) is 12.8 Å². The molecule has 0 saturated heterocycles. The van der Waals surface area contributed by atoms with E-state index in [1.54, 1.807) is 13.0 Å². The van der Waals surface area contributed by atoms with Crippen molar-refractivity contribution < 1.29 is 4.52 Å². The van der Waals surface area contributed by atoms with Gasteiger partial charge in [0.2, 0.25) is 5.89 Å². The van der Waals surface area contributed by atoms with Crippen molar-refractivity contribution >= 4 is 11.6 Å². The summed E-state index contributed by atoms with van der Waals surface area (Å²) in [5.74, 6) is 3.17. The molecule has 0 unspecified atom stereocenters. The van der Waals surface area contributed by atoms with Gasteiger partial charge in [-0.3, -0.25) is 0 Å². The highest BCUT2D eigenvalue weighted by Gasteiger charge is 2.04. The van der Waals surface area contributed by atoms with E-state index in [4.69, 9.17) is 10.3 Å². The first-order chi connectivity index (χ1) is 8.67. The van der Waals surface area contributed by atoms with Gasteiger partial charge >= 0.3 is 0 Å². The number of nitrogens with two attached hydrogens (primary N) is 1. The van der Waals surface area contributed by atoms with Crippen LogP contribution in [0.4, 0.5) is 11.6 Å². The van der Waals surface area contributed by atoms with E-state index >= 15 is 0 Å². The molecule has 0 aromatic carbocycles. The van der Waals surface area contributed by atoms with E-state index in [9.17, 15) is 0 Å². The number of rotatable bonds is 5. The van der Waals surface area contributed by atoms with Gasteiger partial charge in [-0.05, 0) is 6.92 Å². The number of nitrogens with zero attached hydrogens (tertiary/aromatic N) is 4. The molecule has 0 aliphatic carbocycles. The maximum atomic E-state index is 5.69. The topological polar surface area (TPSA) is 103 Å². The molecule has 2 heterocycles. The Morgan fingerprint density at radius 3 is 2.83 bits per heavy atom. The summed E-state index contributed by atoms with van der Waals surface area (Å²) >= 11 is 0. The maximum absolute atomic E-state index is 5.69. The summed E-state index contributed by atoms with van der Waals surface area (Å²) in [5.41, 5.74) is 5.69. The average Bonchev–Trinajstić information content (AvgIpc) is 2.74. The lowest BCUT2D eigenvalue weighted by atomic mass is 10.4. The Morgan fingerprint density at radius 1 is 1.33 bits per heavy atom. The molecule has 0 saturated carbocycles. The molecule has 96 valence electrons. The van der Waals surface area contributed by atoms with Gasteiger partial charge in [0, 0.05) is 25.5 Å². The molecule has 7 heteroatoms. The molecule has 18 heavy (non-hydrogen) atoms. The van der Waals surface area contributed by atoms with Crippen LogP contribution in [0.5, 0.6) is 0 Å². The molecule has 3 N–H and O–H groups in total. The first-order valence-electron chi connectivity index (χ1n) is 5.84. The first-order valence-corrected chi connectivity index (χ1v) is 5.84. The molecule has 2 aromatic rings. The molecule has 2 rings (SSSR count). The van der Waals surface area contributed by atoms with Crippen LogP contribution < -0.4 is 11.1 Å². The third kappa shape index (κ3) is 3.16. The first kappa shape index (κ1) is 12.3. The minimum atomic E-state index is 0.470. The normalized spacial score (nSPS) is 10.6. The Balaban J connectivity index is 1.91. The number of nitrogen functional groups attached to an aromatic ring is 1. The summed E-state index contributed by atoms with van der Waals surface area (Å²) < 4.78 is 5.01. The number of hydrogen-bond acceptors (Lipinski definition) is 7. The highest BCUT2D eigenvalue weighted by molar-refractivity contribution is 5.44. The second-order valence-electron chi connectivity index (χ2n) is 3.86. The smallest absolute Gasteiger partial charge is 0.228 e. The number of aromatic nitrogens is 4. The van der Waals surface area contributed by atoms with Gasteiger partial charge < -0.3 is 15.6 Å². The summed E-state index contributed by atoms with van der Waals surface area (Å²) in [6.07, 6.45) is 1.40. The third-order valence-electron chi connectivity index (χ3n) is 2.32. The van der Waals surface area contributed by atoms with Crippen LogP contribution >= 0.6 is 0 Å². The van der Waals surface area contributed by atoms with Crippen LogP contribution in [0.3, 0.4) is 0 Å². The van der Waals surface area contributed by atoms with Crippen LogP contribution in [0.15, 0.2) is 10.6 Å². The van der Waals surface area contributed by atoms with Gasteiger partial charge in [0.1, 0.15) is 17.5 Å². The monoisotopic (exact) mass is 248 g/mol. The number of anilines is 2. The molecule has 0 aliphatic rings. The number of nitrogens with one attached hydrogen (secondary N) is 1. The minimum absolute atomic E-state index is 0.470. The van der Waals surface area contributed by atoms with Crippen molar-refractivity contribution in [2.75, 3.05) is 17.6 Å². The van der Waals surface area contributed by atoms with E-state index in [1.165, 1.54) is 0 Å². The lowest BCUT2D eigenvalue weighted by Crippen LogP contribution is -2.09.